The molecule has 2 fully saturated rings. The van der Waals surface area contributed by atoms with E-state index in [-0.39, 0.29) is 25.3 Å². The zero-order chi connectivity index (χ0) is 36.2. The number of carboxylic acid groups (broad SMARTS) is 1. The zero-order valence-corrected chi connectivity index (χ0v) is 29.2. The maximum absolute atomic E-state index is 14.3. The molecule has 5 atom stereocenters. The Hall–Kier alpha value is -5.33. The van der Waals surface area contributed by atoms with Crippen LogP contribution < -0.4 is 10.6 Å². The zero-order valence-electron chi connectivity index (χ0n) is 29.2. The molecule has 268 valence electrons. The average molecular weight is 696 g/mol. The molecule has 3 aliphatic rings. The molecule has 3 amide bonds. The fourth-order valence-electron chi connectivity index (χ4n) is 6.73. The molecule has 3 aromatic rings. The number of nitrogens with zero attached hydrogens (tertiary/aromatic N) is 5. The highest BCUT2D eigenvalue weighted by Gasteiger charge is 2.61. The molecule has 1 aromatic heterocycles. The Kier molecular flexibility index (Phi) is 10.4. The van der Waals surface area contributed by atoms with Gasteiger partial charge in [-0.25, -0.2) is 9.59 Å². The summed E-state index contributed by atoms with van der Waals surface area (Å²) in [6.07, 6.45) is 10.9. The summed E-state index contributed by atoms with van der Waals surface area (Å²) in [5.74, 6) is -2.10. The molecule has 51 heavy (non-hydrogen) atoms. The molecule has 0 unspecified atom stereocenters. The molecule has 1 saturated carbocycles. The number of allylic oxidation sites excluding steroid dienone is 1. The van der Waals surface area contributed by atoms with Crippen molar-refractivity contribution >= 4 is 36.0 Å². The number of ether oxygens (including phenoxy) is 1. The van der Waals surface area contributed by atoms with Crippen molar-refractivity contribution in [1.82, 2.24) is 35.7 Å². The van der Waals surface area contributed by atoms with Crippen LogP contribution in [0.25, 0.3) is 23.5 Å². The quantitative estimate of drug-likeness (QED) is 0.237. The number of carbonyl (C=O) groups is 4. The summed E-state index contributed by atoms with van der Waals surface area (Å²) in [5, 5.41) is 29.0. The predicted octanol–water partition coefficient (Wildman–Crippen LogP) is 5.03. The number of aliphatic carboxylic acids is 1. The van der Waals surface area contributed by atoms with Gasteiger partial charge in [-0.3, -0.25) is 9.59 Å². The first-order valence-corrected chi connectivity index (χ1v) is 17.6. The monoisotopic (exact) mass is 695 g/mol. The van der Waals surface area contributed by atoms with Gasteiger partial charge in [0.1, 0.15) is 23.2 Å². The summed E-state index contributed by atoms with van der Waals surface area (Å²) in [7, 11) is 0. The van der Waals surface area contributed by atoms with Gasteiger partial charge in [-0.15, -0.1) is 10.2 Å². The number of carbonyl (C=O) groups excluding carboxylic acids is 3. The van der Waals surface area contributed by atoms with Gasteiger partial charge in [-0.2, -0.15) is 4.80 Å². The van der Waals surface area contributed by atoms with Crippen molar-refractivity contribution in [2.75, 3.05) is 6.54 Å². The van der Waals surface area contributed by atoms with Crippen LogP contribution in [-0.2, 0) is 19.1 Å². The minimum absolute atomic E-state index is 0.0580. The van der Waals surface area contributed by atoms with Crippen LogP contribution in [0.5, 0.6) is 0 Å². The summed E-state index contributed by atoms with van der Waals surface area (Å²) < 4.78 is 5.48. The Morgan fingerprint density at radius 2 is 1.80 bits per heavy atom. The molecular weight excluding hydrogens is 650 g/mol. The van der Waals surface area contributed by atoms with Crippen molar-refractivity contribution in [3.63, 3.8) is 0 Å². The summed E-state index contributed by atoms with van der Waals surface area (Å²) in [6, 6.07) is 15.2. The molecule has 1 aliphatic carbocycles. The van der Waals surface area contributed by atoms with E-state index in [0.29, 0.717) is 18.7 Å². The maximum Gasteiger partial charge on any atom is 0.408 e. The van der Waals surface area contributed by atoms with E-state index in [0.717, 1.165) is 36.0 Å². The third kappa shape index (κ3) is 8.53. The first kappa shape index (κ1) is 35.5. The van der Waals surface area contributed by atoms with E-state index in [4.69, 9.17) is 4.74 Å². The Morgan fingerprint density at radius 3 is 2.57 bits per heavy atom. The van der Waals surface area contributed by atoms with E-state index in [1.165, 1.54) is 9.70 Å². The van der Waals surface area contributed by atoms with Crippen LogP contribution in [0, 0.1) is 5.92 Å². The predicted molar refractivity (Wildman–Crippen MR) is 190 cm³/mol. The number of tetrazole rings is 1. The minimum atomic E-state index is -1.44. The van der Waals surface area contributed by atoms with Gasteiger partial charge >= 0.3 is 12.1 Å². The van der Waals surface area contributed by atoms with Crippen molar-refractivity contribution < 1.29 is 29.0 Å². The fraction of sp³-hybridized carbons (Fsp3) is 0.447. The molecule has 2 aromatic carbocycles. The molecule has 13 heteroatoms. The summed E-state index contributed by atoms with van der Waals surface area (Å²) in [6.45, 7) is 5.28. The lowest BCUT2D eigenvalue weighted by atomic mass is 10.0. The smallest absolute Gasteiger partial charge is 0.408 e. The second kappa shape index (κ2) is 14.9. The van der Waals surface area contributed by atoms with Crippen molar-refractivity contribution in [3.8, 4) is 11.4 Å². The number of hydrogen-bond donors (Lipinski definition) is 3. The van der Waals surface area contributed by atoms with Crippen molar-refractivity contribution in [2.45, 2.75) is 95.0 Å². The molecule has 2 aliphatic heterocycles. The molecule has 0 spiro atoms. The standard InChI is InChI=1S/C38H45N7O6/c1-37(2,3)51-36(50)39-30-18-11-6-4-5-10-17-28-23-38(28,35(48)49)40-33(46)31-22-29(24-44(31)34(30)47)45-42-32(41-43-45)27-16-12-15-26(21-27)20-19-25-13-8-7-9-14-25/h7-10,12-17,19-21,28-31H,4-6,11,18,22-24H2,1-3H3,(H,39,50)(H,40,46)(H,48,49)/b17-10-,20-19+/t28-,29-,30+,31+,38-/m1/s1. The maximum atomic E-state index is 14.3. The summed E-state index contributed by atoms with van der Waals surface area (Å²) in [4.78, 5) is 56.4. The van der Waals surface area contributed by atoms with Crippen LogP contribution in [0.15, 0.2) is 66.7 Å². The Morgan fingerprint density at radius 1 is 1.04 bits per heavy atom. The number of alkyl carbamates (subject to hydrolysis) is 1. The van der Waals surface area contributed by atoms with Crippen LogP contribution in [0.1, 0.15) is 82.9 Å². The van der Waals surface area contributed by atoms with Gasteiger partial charge < -0.3 is 25.4 Å². The molecular formula is C38H45N7O6. The number of rotatable bonds is 6. The van der Waals surface area contributed by atoms with E-state index in [2.05, 4.69) is 26.0 Å². The summed E-state index contributed by atoms with van der Waals surface area (Å²) >= 11 is 0. The Balaban J connectivity index is 1.26. The second-order valence-electron chi connectivity index (χ2n) is 14.5. The van der Waals surface area contributed by atoms with Crippen LogP contribution in [0.4, 0.5) is 4.79 Å². The van der Waals surface area contributed by atoms with Crippen LogP contribution in [0.3, 0.4) is 0 Å². The van der Waals surface area contributed by atoms with Crippen molar-refractivity contribution in [1.29, 1.82) is 0 Å². The lowest BCUT2D eigenvalue weighted by Gasteiger charge is -2.30. The molecule has 13 nitrogen and oxygen atoms in total. The van der Waals surface area contributed by atoms with Gasteiger partial charge in [-0.1, -0.05) is 85.7 Å². The van der Waals surface area contributed by atoms with Gasteiger partial charge in [0, 0.05) is 24.4 Å². The Bertz CT molecular complexity index is 1820. The van der Waals surface area contributed by atoms with Gasteiger partial charge in [-0.05, 0) is 68.9 Å². The van der Waals surface area contributed by atoms with Crippen molar-refractivity contribution in [2.24, 2.45) is 5.92 Å². The second-order valence-corrected chi connectivity index (χ2v) is 14.5. The van der Waals surface area contributed by atoms with E-state index >= 15 is 0 Å². The van der Waals surface area contributed by atoms with E-state index < -0.39 is 53.1 Å². The molecule has 6 rings (SSSR count). The van der Waals surface area contributed by atoms with Crippen LogP contribution in [0.2, 0.25) is 0 Å². The number of carboxylic acids is 1. The fourth-order valence-corrected chi connectivity index (χ4v) is 6.73. The normalized spacial score (nSPS) is 26.3. The molecule has 0 radical (unpaired) electrons. The number of benzene rings is 2. The lowest BCUT2D eigenvalue weighted by Crippen LogP contribution is -2.56. The van der Waals surface area contributed by atoms with Gasteiger partial charge in [0.05, 0.1) is 6.04 Å². The lowest BCUT2D eigenvalue weighted by molar-refractivity contribution is -0.145. The van der Waals surface area contributed by atoms with Crippen LogP contribution >= 0.6 is 0 Å². The van der Waals surface area contributed by atoms with E-state index in [9.17, 15) is 24.3 Å². The topological polar surface area (TPSA) is 169 Å². The third-order valence-electron chi connectivity index (χ3n) is 9.50. The minimum Gasteiger partial charge on any atom is -0.479 e. The number of amides is 3. The Labute approximate surface area is 297 Å². The molecule has 3 heterocycles. The largest absolute Gasteiger partial charge is 0.479 e. The number of hydrogen-bond acceptors (Lipinski definition) is 8. The first-order chi connectivity index (χ1) is 24.4. The highest BCUT2D eigenvalue weighted by molar-refractivity contribution is 5.96. The number of fused-ring (bicyclic) bond motifs is 2. The highest BCUT2D eigenvalue weighted by atomic mass is 16.6. The molecule has 0 bridgehead atoms. The van der Waals surface area contributed by atoms with E-state index in [1.807, 2.05) is 78.9 Å². The number of nitrogens with one attached hydrogen (secondary N) is 2. The number of aromatic nitrogens is 4. The highest BCUT2D eigenvalue weighted by Crippen LogP contribution is 2.45. The third-order valence-corrected chi connectivity index (χ3v) is 9.50. The van der Waals surface area contributed by atoms with Crippen molar-refractivity contribution in [3.05, 3.63) is 77.9 Å². The molecule has 1 saturated heterocycles. The van der Waals surface area contributed by atoms with Gasteiger partial charge in [0.15, 0.2) is 0 Å². The van der Waals surface area contributed by atoms with E-state index in [1.54, 1.807) is 20.8 Å². The van der Waals surface area contributed by atoms with Gasteiger partial charge in [0.25, 0.3) is 0 Å². The van der Waals surface area contributed by atoms with Gasteiger partial charge in [0.2, 0.25) is 17.6 Å². The summed E-state index contributed by atoms with van der Waals surface area (Å²) in [5.41, 5.74) is 0.552. The average Bonchev–Trinajstić information content (AvgIpc) is 3.39. The van der Waals surface area contributed by atoms with Crippen LogP contribution in [-0.4, -0.2) is 83.9 Å². The first-order valence-electron chi connectivity index (χ1n) is 17.6. The molecule has 3 N–H and O–H groups in total. The SMILES string of the molecule is CC(C)(C)OC(=O)N[C@H]1CCCCC/C=C\[C@@H]2C[C@@]2(C(=O)O)NC(=O)[C@@H]2C[C@@H](n3nnc(-c4cccc(/C=C/c5ccccc5)c4)n3)CN2C1=O.